The monoisotopic (exact) mass is 419 g/mol. The first-order chi connectivity index (χ1) is 14.8. The van der Waals surface area contributed by atoms with Crippen molar-refractivity contribution < 1.29 is 19.4 Å². The van der Waals surface area contributed by atoms with E-state index in [2.05, 4.69) is 10.3 Å². The van der Waals surface area contributed by atoms with E-state index in [9.17, 15) is 14.4 Å². The number of carboxylic acids is 1. The van der Waals surface area contributed by atoms with E-state index in [4.69, 9.17) is 9.84 Å². The van der Waals surface area contributed by atoms with Gasteiger partial charge in [0.25, 0.3) is 5.56 Å². The highest BCUT2D eigenvalue weighted by Crippen LogP contribution is 2.28. The lowest BCUT2D eigenvalue weighted by Crippen LogP contribution is -2.23. The van der Waals surface area contributed by atoms with Crippen LogP contribution in [0.1, 0.15) is 31.7 Å². The highest BCUT2D eigenvalue weighted by atomic mass is 16.5. The van der Waals surface area contributed by atoms with E-state index >= 15 is 0 Å². The molecule has 0 fully saturated rings. The summed E-state index contributed by atoms with van der Waals surface area (Å²) in [5.74, 6) is -1.37. The number of carbonyl (C=O) groups excluding carboxylic acids is 1. The molecule has 0 aliphatic carbocycles. The van der Waals surface area contributed by atoms with Crippen LogP contribution in [-0.2, 0) is 16.1 Å². The van der Waals surface area contributed by atoms with E-state index in [0.717, 1.165) is 16.9 Å². The summed E-state index contributed by atoms with van der Waals surface area (Å²) >= 11 is 0. The molecule has 0 spiro atoms. The van der Waals surface area contributed by atoms with E-state index in [-0.39, 0.29) is 17.4 Å². The zero-order chi connectivity index (χ0) is 22.1. The first-order valence-electron chi connectivity index (χ1n) is 9.88. The molecule has 2 heterocycles. The first kappa shape index (κ1) is 20.3. The van der Waals surface area contributed by atoms with Crippen LogP contribution in [0.3, 0.4) is 0 Å². The van der Waals surface area contributed by atoms with Crippen LogP contribution in [0, 0.1) is 0 Å². The van der Waals surface area contributed by atoms with Crippen LogP contribution in [0.15, 0.2) is 47.3 Å². The summed E-state index contributed by atoms with van der Waals surface area (Å²) < 4.78 is 7.31. The summed E-state index contributed by atoms with van der Waals surface area (Å²) in [6.45, 7) is 4.48. The van der Waals surface area contributed by atoms with Crippen molar-refractivity contribution >= 4 is 40.1 Å². The summed E-state index contributed by atoms with van der Waals surface area (Å²) in [6.07, 6.45) is 2.76. The van der Waals surface area contributed by atoms with Crippen LogP contribution in [0.2, 0.25) is 0 Å². The van der Waals surface area contributed by atoms with Gasteiger partial charge in [0.05, 0.1) is 17.0 Å². The van der Waals surface area contributed by atoms with Crippen molar-refractivity contribution in [1.29, 1.82) is 0 Å². The molecule has 1 aliphatic heterocycles. The van der Waals surface area contributed by atoms with Gasteiger partial charge < -0.3 is 15.2 Å². The molecular weight excluding hydrogens is 398 g/mol. The standard InChI is InChI=1S/C23H21N3O5/c1-13(2)31-17-6-3-14(4-7-17)11-15-9-10-26-20(15)25-19-12-16(24-21(27)23(29)30)5-8-18(19)22(26)28/h3-8,11-13H,9-10H2,1-2H3,(H,24,27)(H,29,30). The Kier molecular flexibility index (Phi) is 5.29. The molecule has 0 saturated heterocycles. The summed E-state index contributed by atoms with van der Waals surface area (Å²) in [5, 5.41) is 11.5. The number of rotatable bonds is 4. The topological polar surface area (TPSA) is 111 Å². The molecule has 1 amide bonds. The van der Waals surface area contributed by atoms with Crippen LogP contribution in [-0.4, -0.2) is 32.6 Å². The lowest BCUT2D eigenvalue weighted by Gasteiger charge is -2.09. The number of carbonyl (C=O) groups is 2. The SMILES string of the molecule is CC(C)Oc1ccc(C=C2CCn3c2nc2cc(NC(=O)C(=O)O)ccc2c3=O)cc1. The second kappa shape index (κ2) is 8.06. The summed E-state index contributed by atoms with van der Waals surface area (Å²) in [4.78, 5) is 39.7. The largest absolute Gasteiger partial charge is 0.491 e. The number of amides is 1. The second-order valence-electron chi connectivity index (χ2n) is 7.54. The molecule has 4 rings (SSSR count). The number of benzene rings is 2. The normalized spacial score (nSPS) is 14.1. The Morgan fingerprint density at radius 3 is 2.61 bits per heavy atom. The highest BCUT2D eigenvalue weighted by Gasteiger charge is 2.21. The van der Waals surface area contributed by atoms with Gasteiger partial charge in [0.2, 0.25) is 0 Å². The highest BCUT2D eigenvalue weighted by molar-refractivity contribution is 6.36. The van der Waals surface area contributed by atoms with Gasteiger partial charge in [0, 0.05) is 12.2 Å². The quantitative estimate of drug-likeness (QED) is 0.629. The van der Waals surface area contributed by atoms with E-state index in [1.54, 1.807) is 10.6 Å². The van der Waals surface area contributed by atoms with Crippen molar-refractivity contribution in [2.24, 2.45) is 0 Å². The van der Waals surface area contributed by atoms with E-state index < -0.39 is 11.9 Å². The Bertz CT molecular complexity index is 1270. The number of aromatic nitrogens is 2. The van der Waals surface area contributed by atoms with Crippen molar-refractivity contribution in [3.8, 4) is 5.75 Å². The third-order valence-electron chi connectivity index (χ3n) is 4.89. The Balaban J connectivity index is 1.70. The van der Waals surface area contributed by atoms with E-state index in [1.165, 1.54) is 12.1 Å². The predicted molar refractivity (Wildman–Crippen MR) is 117 cm³/mol. The number of allylic oxidation sites excluding steroid dienone is 1. The Labute approximate surface area is 177 Å². The fraction of sp³-hybridized carbons (Fsp3) is 0.217. The van der Waals surface area contributed by atoms with Gasteiger partial charge in [-0.05, 0) is 67.8 Å². The molecule has 0 bridgehead atoms. The molecule has 8 nitrogen and oxygen atoms in total. The number of nitrogens with one attached hydrogen (secondary N) is 1. The van der Waals surface area contributed by atoms with Crippen LogP contribution in [0.5, 0.6) is 5.75 Å². The second-order valence-corrected chi connectivity index (χ2v) is 7.54. The lowest BCUT2D eigenvalue weighted by atomic mass is 10.1. The number of anilines is 1. The number of carboxylic acid groups (broad SMARTS) is 1. The van der Waals surface area contributed by atoms with Crippen LogP contribution < -0.4 is 15.6 Å². The van der Waals surface area contributed by atoms with Crippen LogP contribution in [0.4, 0.5) is 5.69 Å². The first-order valence-corrected chi connectivity index (χ1v) is 9.88. The smallest absolute Gasteiger partial charge is 0.394 e. The van der Waals surface area contributed by atoms with Gasteiger partial charge in [-0.3, -0.25) is 14.2 Å². The Hall–Kier alpha value is -3.94. The van der Waals surface area contributed by atoms with Crippen LogP contribution >= 0.6 is 0 Å². The maximum atomic E-state index is 12.9. The zero-order valence-electron chi connectivity index (χ0n) is 17.1. The average molecular weight is 419 g/mol. The summed E-state index contributed by atoms with van der Waals surface area (Å²) in [5.41, 5.74) is 2.39. The molecule has 2 N–H and O–H groups in total. The van der Waals surface area contributed by atoms with Gasteiger partial charge in [-0.1, -0.05) is 12.1 Å². The number of nitrogens with zero attached hydrogens (tertiary/aromatic N) is 2. The third kappa shape index (κ3) is 4.18. The lowest BCUT2D eigenvalue weighted by molar-refractivity contribution is -0.147. The molecule has 0 atom stereocenters. The number of hydrogen-bond donors (Lipinski definition) is 2. The van der Waals surface area contributed by atoms with Gasteiger partial charge in [-0.25, -0.2) is 9.78 Å². The minimum Gasteiger partial charge on any atom is -0.491 e. The molecule has 0 unspecified atom stereocenters. The number of aliphatic carboxylic acids is 1. The fourth-order valence-electron chi connectivity index (χ4n) is 3.53. The Morgan fingerprint density at radius 1 is 1.19 bits per heavy atom. The maximum absolute atomic E-state index is 12.9. The van der Waals surface area contributed by atoms with E-state index in [1.807, 2.05) is 44.2 Å². The van der Waals surface area contributed by atoms with Gasteiger partial charge in [0.15, 0.2) is 0 Å². The molecule has 1 aliphatic rings. The molecule has 0 saturated carbocycles. The van der Waals surface area contributed by atoms with Gasteiger partial charge >= 0.3 is 11.9 Å². The zero-order valence-corrected chi connectivity index (χ0v) is 17.1. The van der Waals surface area contributed by atoms with Crippen LogP contribution in [0.25, 0.3) is 22.6 Å². The molecule has 31 heavy (non-hydrogen) atoms. The molecule has 158 valence electrons. The van der Waals surface area contributed by atoms with Crippen molar-refractivity contribution in [2.75, 3.05) is 5.32 Å². The van der Waals surface area contributed by atoms with Crippen molar-refractivity contribution in [1.82, 2.24) is 9.55 Å². The number of hydrogen-bond acceptors (Lipinski definition) is 5. The van der Waals surface area contributed by atoms with Gasteiger partial charge in [0.1, 0.15) is 11.6 Å². The van der Waals surface area contributed by atoms with Gasteiger partial charge in [-0.2, -0.15) is 0 Å². The molecule has 3 aromatic rings. The van der Waals surface area contributed by atoms with Crippen molar-refractivity contribution in [3.63, 3.8) is 0 Å². The summed E-state index contributed by atoms with van der Waals surface area (Å²) in [7, 11) is 0. The average Bonchev–Trinajstić information content (AvgIpc) is 3.12. The third-order valence-corrected chi connectivity index (χ3v) is 4.89. The van der Waals surface area contributed by atoms with Crippen molar-refractivity contribution in [3.05, 3.63) is 64.2 Å². The van der Waals surface area contributed by atoms with E-state index in [0.29, 0.717) is 29.7 Å². The molecule has 8 heteroatoms. The fourth-order valence-corrected chi connectivity index (χ4v) is 3.53. The summed E-state index contributed by atoms with van der Waals surface area (Å²) in [6, 6.07) is 12.3. The predicted octanol–water partition coefficient (Wildman–Crippen LogP) is 3.15. The maximum Gasteiger partial charge on any atom is 0.394 e. The number of ether oxygens (including phenoxy) is 1. The molecular formula is C23H21N3O5. The molecule has 2 aromatic carbocycles. The minimum atomic E-state index is -1.59. The number of fused-ring (bicyclic) bond motifs is 2. The Morgan fingerprint density at radius 2 is 1.94 bits per heavy atom. The van der Waals surface area contributed by atoms with Crippen molar-refractivity contribution in [2.45, 2.75) is 32.9 Å². The molecule has 1 aromatic heterocycles. The van der Waals surface area contributed by atoms with Gasteiger partial charge in [-0.15, -0.1) is 0 Å². The molecule has 0 radical (unpaired) electrons. The minimum absolute atomic E-state index is 0.0976.